The van der Waals surface area contributed by atoms with Gasteiger partial charge in [0.2, 0.25) is 0 Å². The van der Waals surface area contributed by atoms with E-state index < -0.39 is 21.7 Å². The Hall–Kier alpha value is -1.31. The molecule has 6 nitrogen and oxygen atoms in total. The van der Waals surface area contributed by atoms with E-state index in [9.17, 15) is 13.2 Å². The molecule has 1 aromatic rings. The Morgan fingerprint density at radius 1 is 1.53 bits per heavy atom. The van der Waals surface area contributed by atoms with Crippen molar-refractivity contribution < 1.29 is 23.1 Å². The fourth-order valence-corrected chi connectivity index (χ4v) is 2.88. The molecule has 19 heavy (non-hydrogen) atoms. The third kappa shape index (κ3) is 3.37. The lowest BCUT2D eigenvalue weighted by Gasteiger charge is -2.15. The van der Waals surface area contributed by atoms with Crippen molar-refractivity contribution in [3.63, 3.8) is 0 Å². The number of benzene rings is 1. The molecule has 0 fully saturated rings. The number of ether oxygens (including phenoxy) is 1. The lowest BCUT2D eigenvalue weighted by atomic mass is 9.99. The Balaban J connectivity index is 3.56. The maximum absolute atomic E-state index is 11.7. The van der Waals surface area contributed by atoms with Crippen LogP contribution in [-0.4, -0.2) is 39.4 Å². The minimum Gasteiger partial charge on any atom is -0.494 e. The van der Waals surface area contributed by atoms with Crippen molar-refractivity contribution in [1.29, 1.82) is 0 Å². The maximum atomic E-state index is 11.7. The van der Waals surface area contributed by atoms with Crippen LogP contribution in [0.5, 0.6) is 5.75 Å². The number of halogens is 1. The summed E-state index contributed by atoms with van der Waals surface area (Å²) in [5, 5.41) is 9.06. The van der Waals surface area contributed by atoms with Gasteiger partial charge in [-0.1, -0.05) is 11.6 Å². The average molecular weight is 308 g/mol. The zero-order valence-corrected chi connectivity index (χ0v) is 12.0. The number of carboxylic acid groups (broad SMARTS) is 1. The third-order valence-electron chi connectivity index (χ3n) is 2.57. The van der Waals surface area contributed by atoms with Gasteiger partial charge in [-0.3, -0.25) is 4.79 Å². The third-order valence-corrected chi connectivity index (χ3v) is 3.95. The molecule has 0 heterocycles. The van der Waals surface area contributed by atoms with E-state index in [2.05, 4.69) is 0 Å². The molecule has 0 aliphatic heterocycles. The van der Waals surface area contributed by atoms with Crippen molar-refractivity contribution >= 4 is 27.4 Å². The van der Waals surface area contributed by atoms with E-state index in [0.29, 0.717) is 0 Å². The number of hydrogen-bond donors (Lipinski definition) is 2. The fourth-order valence-electron chi connectivity index (χ4n) is 1.64. The van der Waals surface area contributed by atoms with Crippen LogP contribution in [0.3, 0.4) is 0 Å². The van der Waals surface area contributed by atoms with Gasteiger partial charge in [-0.05, 0) is 17.7 Å². The molecule has 1 unspecified atom stereocenters. The molecule has 0 saturated carbocycles. The topological polar surface area (TPSA) is 107 Å². The highest BCUT2D eigenvalue weighted by Crippen LogP contribution is 2.35. The van der Waals surface area contributed by atoms with Crippen molar-refractivity contribution in [2.75, 3.05) is 19.9 Å². The number of methoxy groups -OCH3 is 1. The lowest BCUT2D eigenvalue weighted by molar-refractivity contribution is -0.138. The Morgan fingerprint density at radius 3 is 2.47 bits per heavy atom. The summed E-state index contributed by atoms with van der Waals surface area (Å²) in [6, 6.07) is 2.58. The van der Waals surface area contributed by atoms with E-state index in [0.717, 1.165) is 6.26 Å². The second kappa shape index (κ2) is 5.77. The van der Waals surface area contributed by atoms with Crippen molar-refractivity contribution in [2.24, 2.45) is 5.73 Å². The second-order valence-electron chi connectivity index (χ2n) is 3.93. The van der Waals surface area contributed by atoms with Crippen LogP contribution in [0.15, 0.2) is 17.0 Å². The maximum Gasteiger partial charge on any atom is 0.312 e. The van der Waals surface area contributed by atoms with Gasteiger partial charge in [-0.25, -0.2) is 8.42 Å². The number of sulfone groups is 1. The first-order chi connectivity index (χ1) is 8.72. The minimum absolute atomic E-state index is 0.00548. The molecule has 106 valence electrons. The highest BCUT2D eigenvalue weighted by atomic mass is 35.5. The lowest BCUT2D eigenvalue weighted by Crippen LogP contribution is -2.21. The van der Waals surface area contributed by atoms with Crippen LogP contribution in [0.4, 0.5) is 0 Å². The van der Waals surface area contributed by atoms with E-state index in [-0.39, 0.29) is 27.8 Å². The van der Waals surface area contributed by atoms with E-state index >= 15 is 0 Å². The zero-order chi connectivity index (χ0) is 14.8. The highest BCUT2D eigenvalue weighted by Gasteiger charge is 2.24. The summed E-state index contributed by atoms with van der Waals surface area (Å²) in [6.07, 6.45) is 0.989. The predicted molar refractivity (Wildman–Crippen MR) is 70.5 cm³/mol. The number of hydrogen-bond acceptors (Lipinski definition) is 5. The predicted octanol–water partition coefficient (Wildman–Crippen LogP) is 0.879. The molecular formula is C11H14ClNO5S. The monoisotopic (exact) mass is 307 g/mol. The molecule has 0 radical (unpaired) electrons. The minimum atomic E-state index is -3.60. The van der Waals surface area contributed by atoms with E-state index in [1.165, 1.54) is 19.2 Å². The van der Waals surface area contributed by atoms with Gasteiger partial charge < -0.3 is 15.6 Å². The van der Waals surface area contributed by atoms with Crippen LogP contribution in [-0.2, 0) is 14.6 Å². The largest absolute Gasteiger partial charge is 0.494 e. The van der Waals surface area contributed by atoms with E-state index in [1.54, 1.807) is 0 Å². The second-order valence-corrected chi connectivity index (χ2v) is 6.32. The van der Waals surface area contributed by atoms with Gasteiger partial charge in [0.25, 0.3) is 0 Å². The van der Waals surface area contributed by atoms with Crippen LogP contribution < -0.4 is 10.5 Å². The van der Waals surface area contributed by atoms with Crippen LogP contribution in [0.25, 0.3) is 0 Å². The summed E-state index contributed by atoms with van der Waals surface area (Å²) in [5.41, 5.74) is 5.60. The first-order valence-electron chi connectivity index (χ1n) is 5.22. The summed E-state index contributed by atoms with van der Waals surface area (Å²) in [5.74, 6) is -2.18. The molecule has 0 bridgehead atoms. The van der Waals surface area contributed by atoms with Gasteiger partial charge in [-0.2, -0.15) is 0 Å². The van der Waals surface area contributed by atoms with Crippen LogP contribution in [0, 0.1) is 0 Å². The summed E-state index contributed by atoms with van der Waals surface area (Å²) in [6.45, 7) is -0.165. The van der Waals surface area contributed by atoms with Crippen molar-refractivity contribution in [3.8, 4) is 5.75 Å². The van der Waals surface area contributed by atoms with Gasteiger partial charge in [0.1, 0.15) is 4.90 Å². The number of nitrogens with two attached hydrogens (primary N) is 1. The van der Waals surface area contributed by atoms with Gasteiger partial charge in [0, 0.05) is 12.8 Å². The quantitative estimate of drug-likeness (QED) is 0.836. The van der Waals surface area contributed by atoms with Crippen molar-refractivity contribution in [1.82, 2.24) is 0 Å². The molecule has 1 aromatic carbocycles. The fraction of sp³-hybridized carbons (Fsp3) is 0.364. The summed E-state index contributed by atoms with van der Waals surface area (Å²) < 4.78 is 28.3. The molecule has 0 aromatic heterocycles. The summed E-state index contributed by atoms with van der Waals surface area (Å²) in [4.78, 5) is 10.9. The Labute approximate surface area is 116 Å². The molecule has 8 heteroatoms. The van der Waals surface area contributed by atoms with Crippen molar-refractivity contribution in [2.45, 2.75) is 10.8 Å². The summed E-state index contributed by atoms with van der Waals surface area (Å²) >= 11 is 5.92. The Kier molecular flexibility index (Phi) is 4.78. The molecule has 1 atom stereocenters. The van der Waals surface area contributed by atoms with E-state index in [1.807, 2.05) is 0 Å². The highest BCUT2D eigenvalue weighted by molar-refractivity contribution is 7.90. The van der Waals surface area contributed by atoms with Crippen LogP contribution >= 0.6 is 11.6 Å². The molecule has 1 rings (SSSR count). The van der Waals surface area contributed by atoms with Gasteiger partial charge in [0.15, 0.2) is 15.6 Å². The first kappa shape index (κ1) is 15.7. The Bertz CT molecular complexity index is 599. The number of aliphatic carboxylic acids is 1. The molecule has 0 aliphatic carbocycles. The van der Waals surface area contributed by atoms with Crippen molar-refractivity contribution in [3.05, 3.63) is 22.7 Å². The molecule has 3 N–H and O–H groups in total. The average Bonchev–Trinajstić information content (AvgIpc) is 2.27. The standard InChI is InChI=1S/C11H14ClNO5S/c1-18-10-8(12)3-6(7(5-13)11(14)15)4-9(10)19(2,16)17/h3-4,7H,5,13H2,1-2H3,(H,14,15). The van der Waals surface area contributed by atoms with E-state index in [4.69, 9.17) is 27.2 Å². The van der Waals surface area contributed by atoms with Gasteiger partial charge >= 0.3 is 5.97 Å². The van der Waals surface area contributed by atoms with Gasteiger partial charge in [0.05, 0.1) is 18.1 Å². The number of carbonyl (C=O) groups is 1. The normalized spacial score (nSPS) is 13.1. The Morgan fingerprint density at radius 2 is 2.11 bits per heavy atom. The number of carboxylic acids is 1. The molecule has 0 spiro atoms. The van der Waals surface area contributed by atoms with Crippen LogP contribution in [0.1, 0.15) is 11.5 Å². The number of rotatable bonds is 5. The molecule has 0 aliphatic rings. The smallest absolute Gasteiger partial charge is 0.312 e. The first-order valence-corrected chi connectivity index (χ1v) is 7.49. The summed E-state index contributed by atoms with van der Waals surface area (Å²) in [7, 11) is -2.32. The molecule has 0 amide bonds. The van der Waals surface area contributed by atoms with Crippen LogP contribution in [0.2, 0.25) is 5.02 Å². The SMILES string of the molecule is COc1c(Cl)cc(C(CN)C(=O)O)cc1S(C)(=O)=O. The zero-order valence-electron chi connectivity index (χ0n) is 10.4. The van der Waals surface area contributed by atoms with Gasteiger partial charge in [-0.15, -0.1) is 0 Å². The molecular weight excluding hydrogens is 294 g/mol. The molecule has 0 saturated heterocycles.